The summed E-state index contributed by atoms with van der Waals surface area (Å²) >= 11 is 0. The first-order valence-electron chi connectivity index (χ1n) is 7.10. The molecule has 0 bridgehead atoms. The van der Waals surface area contributed by atoms with E-state index in [0.29, 0.717) is 6.04 Å². The van der Waals surface area contributed by atoms with Crippen LogP contribution in [-0.4, -0.2) is 13.2 Å². The van der Waals surface area contributed by atoms with Crippen LogP contribution in [0, 0.1) is 0 Å². The number of benzene rings is 1. The summed E-state index contributed by atoms with van der Waals surface area (Å²) in [5.41, 5.74) is 0.847. The number of hydrogen-bond donors (Lipinski definition) is 1. The van der Waals surface area contributed by atoms with E-state index < -0.39 is 0 Å². The largest absolute Gasteiger partial charge is 0.493 e. The molecule has 19 heavy (non-hydrogen) atoms. The van der Waals surface area contributed by atoms with Crippen molar-refractivity contribution in [2.75, 3.05) is 7.11 Å². The quantitative estimate of drug-likeness (QED) is 0.900. The van der Waals surface area contributed by atoms with Gasteiger partial charge in [-0.1, -0.05) is 25.0 Å². The highest BCUT2D eigenvalue weighted by Crippen LogP contribution is 2.31. The number of fused-ring (bicyclic) bond motifs is 1. The molecule has 1 heterocycles. The normalized spacial score (nSPS) is 18.0. The summed E-state index contributed by atoms with van der Waals surface area (Å²) < 4.78 is 11.3. The lowest BCUT2D eigenvalue weighted by molar-refractivity contribution is 0.385. The molecule has 102 valence electrons. The van der Waals surface area contributed by atoms with Crippen LogP contribution in [0.2, 0.25) is 0 Å². The Labute approximate surface area is 113 Å². The molecule has 2 aromatic rings. The maximum absolute atomic E-state index is 5.97. The summed E-state index contributed by atoms with van der Waals surface area (Å²) in [4.78, 5) is 0. The van der Waals surface area contributed by atoms with Gasteiger partial charge in [-0.2, -0.15) is 0 Å². The van der Waals surface area contributed by atoms with Crippen molar-refractivity contribution in [3.8, 4) is 5.75 Å². The van der Waals surface area contributed by atoms with Crippen molar-refractivity contribution >= 4 is 11.0 Å². The summed E-state index contributed by atoms with van der Waals surface area (Å²) in [6, 6.07) is 9.00. The monoisotopic (exact) mass is 259 g/mol. The van der Waals surface area contributed by atoms with Gasteiger partial charge in [0.1, 0.15) is 5.76 Å². The lowest BCUT2D eigenvalue weighted by Gasteiger charge is -2.17. The van der Waals surface area contributed by atoms with E-state index in [0.717, 1.165) is 22.5 Å². The summed E-state index contributed by atoms with van der Waals surface area (Å²) in [6.07, 6.45) is 5.26. The van der Waals surface area contributed by atoms with Crippen molar-refractivity contribution in [1.82, 2.24) is 5.32 Å². The number of methoxy groups -OCH3 is 1. The maximum Gasteiger partial charge on any atom is 0.176 e. The maximum atomic E-state index is 5.97. The smallest absolute Gasteiger partial charge is 0.176 e. The molecule has 1 saturated carbocycles. The van der Waals surface area contributed by atoms with Gasteiger partial charge in [-0.25, -0.2) is 0 Å². The molecule has 1 unspecified atom stereocenters. The minimum absolute atomic E-state index is 0.250. The lowest BCUT2D eigenvalue weighted by Crippen LogP contribution is -2.28. The molecule has 0 radical (unpaired) electrons. The molecule has 0 spiro atoms. The van der Waals surface area contributed by atoms with Gasteiger partial charge in [0.15, 0.2) is 11.3 Å². The first-order chi connectivity index (χ1) is 9.28. The molecule has 3 rings (SSSR count). The van der Waals surface area contributed by atoms with E-state index in [2.05, 4.69) is 24.4 Å². The third kappa shape index (κ3) is 2.47. The molecule has 3 nitrogen and oxygen atoms in total. The summed E-state index contributed by atoms with van der Waals surface area (Å²) in [7, 11) is 1.68. The molecular formula is C16H21NO2. The SMILES string of the molecule is COc1cccc2cc(C(C)NC3CCCC3)oc12. The molecule has 3 heteroatoms. The summed E-state index contributed by atoms with van der Waals surface area (Å²) in [5, 5.41) is 4.76. The second kappa shape index (κ2) is 5.25. The van der Waals surface area contributed by atoms with Crippen molar-refractivity contribution in [2.45, 2.75) is 44.7 Å². The highest BCUT2D eigenvalue weighted by molar-refractivity contribution is 5.83. The predicted molar refractivity (Wildman–Crippen MR) is 76.6 cm³/mol. The van der Waals surface area contributed by atoms with Crippen LogP contribution in [0.25, 0.3) is 11.0 Å². The van der Waals surface area contributed by atoms with Gasteiger partial charge < -0.3 is 14.5 Å². The molecule has 1 atom stereocenters. The molecular weight excluding hydrogens is 238 g/mol. The zero-order valence-electron chi connectivity index (χ0n) is 11.6. The van der Waals surface area contributed by atoms with Crippen molar-refractivity contribution in [3.05, 3.63) is 30.0 Å². The molecule has 1 aromatic carbocycles. The van der Waals surface area contributed by atoms with Crippen LogP contribution in [0.15, 0.2) is 28.7 Å². The average molecular weight is 259 g/mol. The molecule has 1 aromatic heterocycles. The third-order valence-electron chi connectivity index (χ3n) is 4.01. The Balaban J connectivity index is 1.83. The number of ether oxygens (including phenoxy) is 1. The predicted octanol–water partition coefficient (Wildman–Crippen LogP) is 4.03. The molecule has 1 aliphatic rings. The van der Waals surface area contributed by atoms with Gasteiger partial charge in [-0.3, -0.25) is 0 Å². The Hall–Kier alpha value is -1.48. The van der Waals surface area contributed by atoms with E-state index >= 15 is 0 Å². The number of rotatable bonds is 4. The second-order valence-electron chi connectivity index (χ2n) is 5.40. The summed E-state index contributed by atoms with van der Waals surface area (Å²) in [6.45, 7) is 2.17. The van der Waals surface area contributed by atoms with Crippen LogP contribution in [0.1, 0.15) is 44.4 Å². The van der Waals surface area contributed by atoms with Gasteiger partial charge in [-0.05, 0) is 31.9 Å². The topological polar surface area (TPSA) is 34.4 Å². The second-order valence-corrected chi connectivity index (χ2v) is 5.40. The number of hydrogen-bond acceptors (Lipinski definition) is 3. The fourth-order valence-corrected chi connectivity index (χ4v) is 2.96. The molecule has 0 aliphatic heterocycles. The zero-order chi connectivity index (χ0) is 13.2. The molecule has 1 aliphatic carbocycles. The van der Waals surface area contributed by atoms with Crippen LogP contribution in [0.3, 0.4) is 0 Å². The zero-order valence-corrected chi connectivity index (χ0v) is 11.6. The molecule has 1 fully saturated rings. The first kappa shape index (κ1) is 12.5. The van der Waals surface area contributed by atoms with E-state index in [4.69, 9.17) is 9.15 Å². The Bertz CT molecular complexity index is 555. The molecule has 0 amide bonds. The highest BCUT2D eigenvalue weighted by atomic mass is 16.5. The van der Waals surface area contributed by atoms with Gasteiger partial charge >= 0.3 is 0 Å². The van der Waals surface area contributed by atoms with Crippen LogP contribution in [0.4, 0.5) is 0 Å². The Kier molecular flexibility index (Phi) is 3.47. The Morgan fingerprint density at radius 1 is 1.32 bits per heavy atom. The molecule has 0 saturated heterocycles. The minimum Gasteiger partial charge on any atom is -0.493 e. The van der Waals surface area contributed by atoms with Gasteiger partial charge in [0, 0.05) is 11.4 Å². The van der Waals surface area contributed by atoms with Crippen molar-refractivity contribution in [2.24, 2.45) is 0 Å². The van der Waals surface area contributed by atoms with Crippen LogP contribution in [-0.2, 0) is 0 Å². The van der Waals surface area contributed by atoms with Crippen LogP contribution < -0.4 is 10.1 Å². The van der Waals surface area contributed by atoms with E-state index in [9.17, 15) is 0 Å². The standard InChI is InChI=1S/C16H21NO2/c1-11(17-13-7-3-4-8-13)15-10-12-6-5-9-14(18-2)16(12)19-15/h5-6,9-11,13,17H,3-4,7-8H2,1-2H3. The average Bonchev–Trinajstić information content (AvgIpc) is 3.06. The fourth-order valence-electron chi connectivity index (χ4n) is 2.96. The van der Waals surface area contributed by atoms with Crippen molar-refractivity contribution < 1.29 is 9.15 Å². The number of para-hydroxylation sites is 1. The Morgan fingerprint density at radius 3 is 2.84 bits per heavy atom. The Morgan fingerprint density at radius 2 is 2.11 bits per heavy atom. The van der Waals surface area contributed by atoms with Crippen LogP contribution in [0.5, 0.6) is 5.75 Å². The van der Waals surface area contributed by atoms with Gasteiger partial charge in [0.2, 0.25) is 0 Å². The first-order valence-corrected chi connectivity index (χ1v) is 7.10. The van der Waals surface area contributed by atoms with E-state index in [1.165, 1.54) is 25.7 Å². The minimum atomic E-state index is 0.250. The summed E-state index contributed by atoms with van der Waals surface area (Å²) in [5.74, 6) is 1.79. The van der Waals surface area contributed by atoms with Crippen molar-refractivity contribution in [1.29, 1.82) is 0 Å². The third-order valence-corrected chi connectivity index (χ3v) is 4.01. The van der Waals surface area contributed by atoms with Gasteiger partial charge in [-0.15, -0.1) is 0 Å². The molecule has 1 N–H and O–H groups in total. The number of furan rings is 1. The van der Waals surface area contributed by atoms with Gasteiger partial charge in [0.05, 0.1) is 13.2 Å². The van der Waals surface area contributed by atoms with E-state index in [1.807, 2.05) is 12.1 Å². The van der Waals surface area contributed by atoms with E-state index in [1.54, 1.807) is 7.11 Å². The van der Waals surface area contributed by atoms with Gasteiger partial charge in [0.25, 0.3) is 0 Å². The van der Waals surface area contributed by atoms with Crippen molar-refractivity contribution in [3.63, 3.8) is 0 Å². The highest BCUT2D eigenvalue weighted by Gasteiger charge is 2.20. The fraction of sp³-hybridized carbons (Fsp3) is 0.500. The van der Waals surface area contributed by atoms with E-state index in [-0.39, 0.29) is 6.04 Å². The lowest BCUT2D eigenvalue weighted by atomic mass is 10.1. The number of nitrogens with one attached hydrogen (secondary N) is 1. The van der Waals surface area contributed by atoms with Crippen LogP contribution >= 0.6 is 0 Å².